The number of aryl methyl sites for hydroxylation is 2. The smallest absolute Gasteiger partial charge is 0.243 e. The van der Waals surface area contributed by atoms with Crippen LogP contribution in [0, 0.1) is 13.8 Å². The number of hydrogen-bond acceptors (Lipinski definition) is 6. The predicted molar refractivity (Wildman–Crippen MR) is 86.9 cm³/mol. The molecule has 0 bridgehead atoms. The van der Waals surface area contributed by atoms with Crippen LogP contribution in [0.15, 0.2) is 40.3 Å². The average molecular weight is 318 g/mol. The van der Waals surface area contributed by atoms with Gasteiger partial charge < -0.3 is 0 Å². The van der Waals surface area contributed by atoms with Crippen LogP contribution in [0.25, 0.3) is 0 Å². The number of nitrogens with one attached hydrogen (secondary N) is 1. The summed E-state index contributed by atoms with van der Waals surface area (Å²) in [5.41, 5.74) is 6.07. The van der Waals surface area contributed by atoms with Gasteiger partial charge in [0.15, 0.2) is 9.84 Å². The van der Waals surface area contributed by atoms with Crippen LogP contribution < -0.4 is 5.43 Å². The van der Waals surface area contributed by atoms with Crippen molar-refractivity contribution in [3.8, 4) is 0 Å². The molecule has 0 spiro atoms. The molecule has 2 rings (SSSR count). The third kappa shape index (κ3) is 4.11. The molecule has 6 nitrogen and oxygen atoms in total. The molecule has 0 aliphatic rings. The van der Waals surface area contributed by atoms with E-state index in [9.17, 15) is 8.42 Å². The van der Waals surface area contributed by atoms with Gasteiger partial charge in [0.05, 0.1) is 10.6 Å². The van der Waals surface area contributed by atoms with Gasteiger partial charge in [0.25, 0.3) is 0 Å². The minimum Gasteiger partial charge on any atom is -0.245 e. The molecule has 0 radical (unpaired) electrons. The monoisotopic (exact) mass is 318 g/mol. The Morgan fingerprint density at radius 3 is 2.14 bits per heavy atom. The van der Waals surface area contributed by atoms with Gasteiger partial charge in [-0.05, 0) is 44.5 Å². The standard InChI is InChI=1S/C15H18N4O2S/c1-10-9-11(2)17-15(16-10)19-18-12(3)13-5-7-14(8-6-13)22(4,20)21/h5-9H,1-4H3,(H,16,17,19)/b18-12-. The predicted octanol–water partition coefficient (Wildman–Crippen LogP) is 2.33. The molecule has 1 N–H and O–H groups in total. The molecule has 22 heavy (non-hydrogen) atoms. The molecule has 0 amide bonds. The summed E-state index contributed by atoms with van der Waals surface area (Å²) < 4.78 is 22.9. The van der Waals surface area contributed by atoms with E-state index in [0.29, 0.717) is 11.7 Å². The van der Waals surface area contributed by atoms with Crippen molar-refractivity contribution < 1.29 is 8.42 Å². The summed E-state index contributed by atoms with van der Waals surface area (Å²) in [7, 11) is -3.19. The molecular formula is C15H18N4O2S. The molecule has 0 unspecified atom stereocenters. The second-order valence-electron chi connectivity index (χ2n) is 5.08. The van der Waals surface area contributed by atoms with Crippen molar-refractivity contribution >= 4 is 21.5 Å². The normalized spacial score (nSPS) is 12.3. The third-order valence-electron chi connectivity index (χ3n) is 3.01. The summed E-state index contributed by atoms with van der Waals surface area (Å²) >= 11 is 0. The van der Waals surface area contributed by atoms with Gasteiger partial charge in [0.2, 0.25) is 5.95 Å². The van der Waals surface area contributed by atoms with Crippen molar-refractivity contribution in [2.75, 3.05) is 11.7 Å². The summed E-state index contributed by atoms with van der Waals surface area (Å²) in [6.07, 6.45) is 1.18. The zero-order chi connectivity index (χ0) is 16.3. The quantitative estimate of drug-likeness (QED) is 0.691. The van der Waals surface area contributed by atoms with Crippen molar-refractivity contribution in [1.82, 2.24) is 9.97 Å². The van der Waals surface area contributed by atoms with E-state index in [4.69, 9.17) is 0 Å². The second-order valence-corrected chi connectivity index (χ2v) is 7.10. The zero-order valence-corrected chi connectivity index (χ0v) is 13.8. The first kappa shape index (κ1) is 16.1. The highest BCUT2D eigenvalue weighted by Gasteiger charge is 2.07. The number of aromatic nitrogens is 2. The summed E-state index contributed by atoms with van der Waals surface area (Å²) in [6, 6.07) is 8.46. The fourth-order valence-corrected chi connectivity index (χ4v) is 2.55. The highest BCUT2D eigenvalue weighted by Crippen LogP contribution is 2.11. The average Bonchev–Trinajstić information content (AvgIpc) is 2.43. The van der Waals surface area contributed by atoms with Crippen molar-refractivity contribution in [3.05, 3.63) is 47.3 Å². The molecule has 116 valence electrons. The van der Waals surface area contributed by atoms with Gasteiger partial charge in [-0.15, -0.1) is 0 Å². The summed E-state index contributed by atoms with van der Waals surface area (Å²) in [5.74, 6) is 0.435. The first-order chi connectivity index (χ1) is 10.3. The lowest BCUT2D eigenvalue weighted by Crippen LogP contribution is -2.04. The van der Waals surface area contributed by atoms with E-state index in [0.717, 1.165) is 17.0 Å². The number of benzene rings is 1. The molecule has 0 saturated carbocycles. The summed E-state index contributed by atoms with van der Waals surface area (Å²) in [4.78, 5) is 8.76. The molecule has 0 fully saturated rings. The second kappa shape index (κ2) is 6.23. The van der Waals surface area contributed by atoms with Crippen molar-refractivity contribution in [1.29, 1.82) is 0 Å². The Labute approximate surface area is 130 Å². The Morgan fingerprint density at radius 1 is 1.09 bits per heavy atom. The van der Waals surface area contributed by atoms with Gasteiger partial charge in [0, 0.05) is 17.6 Å². The van der Waals surface area contributed by atoms with Crippen LogP contribution in [0.4, 0.5) is 5.95 Å². The van der Waals surface area contributed by atoms with E-state index in [1.54, 1.807) is 24.3 Å². The number of rotatable bonds is 4. The molecule has 1 aromatic carbocycles. The molecule has 0 atom stereocenters. The number of sulfone groups is 1. The minimum atomic E-state index is -3.19. The van der Waals surface area contributed by atoms with Crippen molar-refractivity contribution in [3.63, 3.8) is 0 Å². The van der Waals surface area contributed by atoms with E-state index in [-0.39, 0.29) is 4.90 Å². The van der Waals surface area contributed by atoms with E-state index in [1.807, 2.05) is 26.8 Å². The van der Waals surface area contributed by atoms with Crippen LogP contribution >= 0.6 is 0 Å². The summed E-state index contributed by atoms with van der Waals surface area (Å²) in [6.45, 7) is 5.60. The summed E-state index contributed by atoms with van der Waals surface area (Å²) in [5, 5.41) is 4.23. The fourth-order valence-electron chi connectivity index (χ4n) is 1.92. The number of anilines is 1. The molecule has 0 saturated heterocycles. The lowest BCUT2D eigenvalue weighted by molar-refractivity contribution is 0.602. The maximum Gasteiger partial charge on any atom is 0.243 e. The van der Waals surface area contributed by atoms with Gasteiger partial charge in [-0.1, -0.05) is 12.1 Å². The zero-order valence-electron chi connectivity index (χ0n) is 13.0. The molecule has 1 heterocycles. The largest absolute Gasteiger partial charge is 0.245 e. The van der Waals surface area contributed by atoms with E-state index >= 15 is 0 Å². The lowest BCUT2D eigenvalue weighted by Gasteiger charge is -2.05. The van der Waals surface area contributed by atoms with Crippen LogP contribution in [-0.2, 0) is 9.84 Å². The van der Waals surface area contributed by atoms with Crippen LogP contribution in [0.1, 0.15) is 23.9 Å². The van der Waals surface area contributed by atoms with Gasteiger partial charge in [-0.25, -0.2) is 23.8 Å². The highest BCUT2D eigenvalue weighted by atomic mass is 32.2. The van der Waals surface area contributed by atoms with Crippen molar-refractivity contribution in [2.45, 2.75) is 25.7 Å². The van der Waals surface area contributed by atoms with Gasteiger partial charge in [0.1, 0.15) is 0 Å². The molecule has 7 heteroatoms. The van der Waals surface area contributed by atoms with Crippen molar-refractivity contribution in [2.24, 2.45) is 5.10 Å². The topological polar surface area (TPSA) is 84.3 Å². The number of hydrazone groups is 1. The minimum absolute atomic E-state index is 0.287. The molecule has 0 aliphatic heterocycles. The Balaban J connectivity index is 2.18. The van der Waals surface area contributed by atoms with Crippen LogP contribution in [0.5, 0.6) is 0 Å². The Morgan fingerprint density at radius 2 is 1.64 bits per heavy atom. The van der Waals surface area contributed by atoms with E-state index in [2.05, 4.69) is 20.5 Å². The molecule has 2 aromatic rings. The van der Waals surface area contributed by atoms with Gasteiger partial charge >= 0.3 is 0 Å². The Kier molecular flexibility index (Phi) is 4.56. The van der Waals surface area contributed by atoms with E-state index < -0.39 is 9.84 Å². The van der Waals surface area contributed by atoms with Gasteiger partial charge in [-0.2, -0.15) is 5.10 Å². The Hall–Kier alpha value is -2.28. The molecule has 1 aromatic heterocycles. The first-order valence-electron chi connectivity index (χ1n) is 6.69. The molecular weight excluding hydrogens is 300 g/mol. The van der Waals surface area contributed by atoms with Crippen LogP contribution in [-0.4, -0.2) is 30.4 Å². The van der Waals surface area contributed by atoms with Gasteiger partial charge in [-0.3, -0.25) is 0 Å². The lowest BCUT2D eigenvalue weighted by atomic mass is 10.1. The third-order valence-corrected chi connectivity index (χ3v) is 4.13. The number of hydrogen-bond donors (Lipinski definition) is 1. The SMILES string of the molecule is C/C(=N/Nc1nc(C)cc(C)n1)c1ccc(S(C)(=O)=O)cc1. The Bertz CT molecular complexity index is 792. The fraction of sp³-hybridized carbons (Fsp3) is 0.267. The maximum absolute atomic E-state index is 11.4. The number of nitrogens with zero attached hydrogens (tertiary/aromatic N) is 3. The van der Waals surface area contributed by atoms with E-state index in [1.165, 1.54) is 6.26 Å². The molecule has 0 aliphatic carbocycles. The highest BCUT2D eigenvalue weighted by molar-refractivity contribution is 7.90. The van der Waals surface area contributed by atoms with Crippen LogP contribution in [0.2, 0.25) is 0 Å². The maximum atomic E-state index is 11.4. The van der Waals surface area contributed by atoms with Crippen LogP contribution in [0.3, 0.4) is 0 Å². The first-order valence-corrected chi connectivity index (χ1v) is 8.58.